The highest BCUT2D eigenvalue weighted by atomic mass is 16.2. The molecule has 0 aliphatic carbocycles. The molecule has 1 heterocycles. The minimum absolute atomic E-state index is 0.154. The molecule has 1 aliphatic heterocycles. The van der Waals surface area contributed by atoms with Gasteiger partial charge in [-0.25, -0.2) is 0 Å². The maximum absolute atomic E-state index is 13.5. The minimum Gasteiger partial charge on any atom is -0.354 e. The summed E-state index contributed by atoms with van der Waals surface area (Å²) in [6.07, 6.45) is 26.0. The Hall–Kier alpha value is -3.34. The van der Waals surface area contributed by atoms with Crippen molar-refractivity contribution in [1.29, 1.82) is 0 Å². The second-order valence-corrected chi connectivity index (χ2v) is 17.9. The van der Waals surface area contributed by atoms with E-state index in [4.69, 9.17) is 22.9 Å². The van der Waals surface area contributed by atoms with E-state index >= 15 is 0 Å². The van der Waals surface area contributed by atoms with Crippen LogP contribution in [0.4, 0.5) is 0 Å². The van der Waals surface area contributed by atoms with Gasteiger partial charge in [-0.05, 0) is 129 Å². The average Bonchev–Trinajstić information content (AvgIpc) is 3.28. The summed E-state index contributed by atoms with van der Waals surface area (Å²) in [5.41, 5.74) is 22.9. The summed E-state index contributed by atoms with van der Waals surface area (Å²) in [4.78, 5) is 79.7. The lowest BCUT2D eigenvalue weighted by molar-refractivity contribution is -0.132. The molecule has 4 atom stereocenters. The molecule has 1 fully saturated rings. The number of nitrogens with one attached hydrogen (secondary N) is 6. The summed E-state index contributed by atoms with van der Waals surface area (Å²) in [5, 5.41) is 17.9. The summed E-state index contributed by atoms with van der Waals surface area (Å²) in [7, 11) is 0. The lowest BCUT2D eigenvalue weighted by Gasteiger charge is -2.23. The third-order valence-electron chi connectivity index (χ3n) is 12.1. The summed E-state index contributed by atoms with van der Waals surface area (Å²) >= 11 is 0. The van der Waals surface area contributed by atoms with E-state index in [-0.39, 0.29) is 35.4 Å². The number of rotatable bonds is 16. The van der Waals surface area contributed by atoms with E-state index in [2.05, 4.69) is 31.9 Å². The molecule has 0 aromatic carbocycles. The molecule has 16 heteroatoms. The molecule has 0 aromatic heterocycles. The summed E-state index contributed by atoms with van der Waals surface area (Å²) in [5.74, 6) is -1.39. The molecule has 1 aliphatic rings. The van der Waals surface area contributed by atoms with Crippen LogP contribution in [0.1, 0.15) is 205 Å². The van der Waals surface area contributed by atoms with Crippen LogP contribution in [0.15, 0.2) is 0 Å². The maximum Gasteiger partial charge on any atom is 0.243 e. The van der Waals surface area contributed by atoms with Gasteiger partial charge in [0.15, 0.2) is 0 Å². The highest BCUT2D eigenvalue weighted by Crippen LogP contribution is 2.14. The van der Waals surface area contributed by atoms with Crippen LogP contribution >= 0.6 is 0 Å². The molecule has 0 radical (unpaired) electrons. The lowest BCUT2D eigenvalue weighted by atomic mass is 10.0. The largest absolute Gasteiger partial charge is 0.354 e. The minimum atomic E-state index is -0.726. The van der Waals surface area contributed by atoms with Gasteiger partial charge in [0.1, 0.15) is 24.2 Å². The number of carbonyl (C=O) groups excluding carboxylic acids is 6. The van der Waals surface area contributed by atoms with Gasteiger partial charge in [0.2, 0.25) is 35.4 Å². The van der Waals surface area contributed by atoms with Crippen molar-refractivity contribution in [2.45, 2.75) is 230 Å². The van der Waals surface area contributed by atoms with Crippen LogP contribution in [0.3, 0.4) is 0 Å². The zero-order valence-corrected chi connectivity index (χ0v) is 39.9. The van der Waals surface area contributed by atoms with E-state index in [1.807, 2.05) is 0 Å². The molecule has 0 spiro atoms. The molecule has 1 rings (SSSR count). The predicted octanol–water partition coefficient (Wildman–Crippen LogP) is 4.49. The number of carbonyl (C=O) groups is 6. The number of amides is 6. The van der Waals surface area contributed by atoms with Gasteiger partial charge < -0.3 is 54.8 Å². The Labute approximate surface area is 387 Å². The van der Waals surface area contributed by atoms with Crippen molar-refractivity contribution in [2.24, 2.45) is 22.9 Å². The molecule has 16 nitrogen and oxygen atoms in total. The first kappa shape index (κ1) is 58.7. The highest BCUT2D eigenvalue weighted by Gasteiger charge is 2.28. The van der Waals surface area contributed by atoms with Crippen molar-refractivity contribution in [1.82, 2.24) is 31.9 Å². The maximum atomic E-state index is 13.5. The van der Waals surface area contributed by atoms with Gasteiger partial charge in [0.25, 0.3) is 0 Å². The second-order valence-electron chi connectivity index (χ2n) is 17.9. The van der Waals surface area contributed by atoms with Gasteiger partial charge in [-0.15, -0.1) is 0 Å². The topological polar surface area (TPSA) is 279 Å². The summed E-state index contributed by atoms with van der Waals surface area (Å²) in [6.45, 7) is 3.08. The van der Waals surface area contributed by atoms with E-state index in [1.165, 1.54) is 0 Å². The highest BCUT2D eigenvalue weighted by molar-refractivity contribution is 5.93. The fraction of sp³-hybridized carbons (Fsp3) is 0.875. The van der Waals surface area contributed by atoms with Gasteiger partial charge in [0, 0.05) is 25.9 Å². The Morgan fingerprint density at radius 3 is 0.844 bits per heavy atom. The molecule has 14 N–H and O–H groups in total. The normalized spacial score (nSPS) is 23.2. The Morgan fingerprint density at radius 1 is 0.312 bits per heavy atom. The molecule has 0 bridgehead atoms. The van der Waals surface area contributed by atoms with Gasteiger partial charge in [-0.3, -0.25) is 28.8 Å². The van der Waals surface area contributed by atoms with Crippen LogP contribution in [-0.4, -0.2) is 98.9 Å². The van der Waals surface area contributed by atoms with E-state index in [9.17, 15) is 28.8 Å². The Kier molecular flexibility index (Phi) is 37.7. The van der Waals surface area contributed by atoms with Crippen LogP contribution < -0.4 is 54.8 Å². The Bertz CT molecular complexity index is 1150. The molecule has 0 saturated carbocycles. The molecule has 1 saturated heterocycles. The van der Waals surface area contributed by atoms with Crippen molar-refractivity contribution >= 4 is 35.4 Å². The molecule has 372 valence electrons. The number of hydrogen-bond donors (Lipinski definition) is 10. The van der Waals surface area contributed by atoms with Crippen molar-refractivity contribution < 1.29 is 28.8 Å². The van der Waals surface area contributed by atoms with Crippen LogP contribution in [-0.2, 0) is 28.8 Å². The Balaban J connectivity index is 2.89. The van der Waals surface area contributed by atoms with Crippen molar-refractivity contribution in [3.63, 3.8) is 0 Å². The van der Waals surface area contributed by atoms with Crippen LogP contribution in [0.5, 0.6) is 0 Å². The first-order valence-corrected chi connectivity index (χ1v) is 25.7. The number of unbranched alkanes of at least 4 members (excludes halogenated alkanes) is 4. The van der Waals surface area contributed by atoms with Crippen molar-refractivity contribution in [2.75, 3.05) is 39.3 Å². The lowest BCUT2D eigenvalue weighted by Crippen LogP contribution is -2.53. The summed E-state index contributed by atoms with van der Waals surface area (Å²) < 4.78 is 0. The molecular formula is C48H94N10O6. The van der Waals surface area contributed by atoms with Crippen LogP contribution in [0.25, 0.3) is 0 Å². The van der Waals surface area contributed by atoms with E-state index in [0.717, 1.165) is 141 Å². The van der Waals surface area contributed by atoms with Crippen LogP contribution in [0, 0.1) is 0 Å². The van der Waals surface area contributed by atoms with E-state index in [1.54, 1.807) is 0 Å². The second kappa shape index (κ2) is 41.1. The zero-order valence-electron chi connectivity index (χ0n) is 39.9. The van der Waals surface area contributed by atoms with Gasteiger partial charge in [-0.2, -0.15) is 0 Å². The first-order chi connectivity index (χ1) is 31.2. The molecule has 6 amide bonds. The zero-order chi connectivity index (χ0) is 46.9. The molecule has 4 unspecified atom stereocenters. The average molecular weight is 907 g/mol. The van der Waals surface area contributed by atoms with Crippen molar-refractivity contribution in [3.8, 4) is 0 Å². The summed E-state index contributed by atoms with van der Waals surface area (Å²) in [6, 6.07) is -2.85. The van der Waals surface area contributed by atoms with Gasteiger partial charge in [0.05, 0.1) is 0 Å². The van der Waals surface area contributed by atoms with E-state index < -0.39 is 24.2 Å². The fourth-order valence-electron chi connectivity index (χ4n) is 8.09. The van der Waals surface area contributed by atoms with Gasteiger partial charge in [-0.1, -0.05) is 89.9 Å². The van der Waals surface area contributed by atoms with E-state index in [0.29, 0.717) is 103 Å². The van der Waals surface area contributed by atoms with Gasteiger partial charge >= 0.3 is 0 Å². The smallest absolute Gasteiger partial charge is 0.243 e. The van der Waals surface area contributed by atoms with Crippen LogP contribution in [0.2, 0.25) is 0 Å². The predicted molar refractivity (Wildman–Crippen MR) is 258 cm³/mol. The quantitative estimate of drug-likeness (QED) is 0.0969. The third-order valence-corrected chi connectivity index (χ3v) is 12.1. The standard InChI is InChI=1S/C48H94N10O6/c49-33-21-17-27-39-45(61)53-37-25-13-9-5-1-3-7-11-15-31-43(59)55-41(29-19-23-35-51)47(63)58-40(28-18-22-34-50)46(62)54-38-26-14-10-6-2-4-8-12-16-32-44(60)56-42(48(64)57-39)30-20-24-36-52/h39-42H,1-38,49-52H2,(H,53,61)(H,54,62)(H,55,59)(H,56,60)(H,57,64)(H,58,63). The third kappa shape index (κ3) is 31.5. The molecular weight excluding hydrogens is 813 g/mol. The molecule has 0 aromatic rings. The number of nitrogens with two attached hydrogens (primary N) is 4. The Morgan fingerprint density at radius 2 is 0.562 bits per heavy atom. The molecule has 64 heavy (non-hydrogen) atoms. The SMILES string of the molecule is NCCCCC1NC(=O)CCCCCCCCCCCNC(=O)C(CCCCN)NC(=O)C(CCCCN)NC(=O)CCCCCCCCCCCNC(=O)C(CCCCN)NC1=O. The monoisotopic (exact) mass is 907 g/mol. The fourth-order valence-corrected chi connectivity index (χ4v) is 8.09. The van der Waals surface area contributed by atoms with Crippen molar-refractivity contribution in [3.05, 3.63) is 0 Å². The number of hydrogen-bond acceptors (Lipinski definition) is 10. The first-order valence-electron chi connectivity index (χ1n) is 25.7.